The van der Waals surface area contributed by atoms with Gasteiger partial charge < -0.3 is 18.9 Å². The van der Waals surface area contributed by atoms with Gasteiger partial charge in [-0.3, -0.25) is 14.4 Å². The first-order chi connectivity index (χ1) is 9.70. The maximum absolute atomic E-state index is 10.3. The predicted molar refractivity (Wildman–Crippen MR) is 77.7 cm³/mol. The molecule has 0 amide bonds. The Morgan fingerprint density at radius 3 is 1.52 bits per heavy atom. The van der Waals surface area contributed by atoms with Gasteiger partial charge in [-0.25, -0.2) is 0 Å². The van der Waals surface area contributed by atoms with Crippen molar-refractivity contribution in [3.8, 4) is 0 Å². The number of carbonyl (C=O) groups excluding carboxylic acids is 3. The average molecular weight is 308 g/mol. The van der Waals surface area contributed by atoms with Crippen molar-refractivity contribution in [2.45, 2.75) is 47.6 Å². The van der Waals surface area contributed by atoms with Gasteiger partial charge in [0.2, 0.25) is 0 Å². The molecule has 0 saturated heterocycles. The van der Waals surface area contributed by atoms with Crippen molar-refractivity contribution in [1.82, 2.24) is 0 Å². The van der Waals surface area contributed by atoms with E-state index in [2.05, 4.69) is 14.2 Å². The largest absolute Gasteiger partial charge is 0.469 e. The van der Waals surface area contributed by atoms with Gasteiger partial charge in [-0.15, -0.1) is 0 Å². The average Bonchev–Trinajstić information content (AvgIpc) is 2.38. The molecule has 0 N–H and O–H groups in total. The van der Waals surface area contributed by atoms with Crippen molar-refractivity contribution in [2.24, 2.45) is 0 Å². The lowest BCUT2D eigenvalue weighted by Crippen LogP contribution is -2.19. The van der Waals surface area contributed by atoms with Crippen LogP contribution in [0.4, 0.5) is 0 Å². The van der Waals surface area contributed by atoms with Gasteiger partial charge in [0.15, 0.2) is 0 Å². The first-order valence-electron chi connectivity index (χ1n) is 6.63. The van der Waals surface area contributed by atoms with Crippen LogP contribution in [0.5, 0.6) is 0 Å². The minimum atomic E-state index is -0.371. The topological polar surface area (TPSA) is 88.1 Å². The van der Waals surface area contributed by atoms with Gasteiger partial charge in [-0.05, 0) is 20.8 Å². The number of esters is 3. The standard InChI is InChI=1S/C7H12O4.C4H10O.C3H6O2/c1-5(11-7(3)9)4-10-6(2)8;1-3-5-4-2;1-3(4)5-2/h5H,4H2,1-3H3;3-4H2,1-2H3;1-2H3. The molecule has 0 rings (SSSR count). The van der Waals surface area contributed by atoms with Crippen LogP contribution >= 0.6 is 0 Å². The van der Waals surface area contributed by atoms with E-state index in [-0.39, 0.29) is 30.6 Å². The molecule has 7 nitrogen and oxygen atoms in total. The zero-order valence-electron chi connectivity index (χ0n) is 14.1. The number of ether oxygens (including phenoxy) is 4. The van der Waals surface area contributed by atoms with E-state index in [1.807, 2.05) is 13.8 Å². The quantitative estimate of drug-likeness (QED) is 0.564. The fourth-order valence-corrected chi connectivity index (χ4v) is 0.756. The van der Waals surface area contributed by atoms with Crippen LogP contribution in [0.3, 0.4) is 0 Å². The van der Waals surface area contributed by atoms with Gasteiger partial charge in [-0.1, -0.05) is 0 Å². The molecule has 1 atom stereocenters. The summed E-state index contributed by atoms with van der Waals surface area (Å²) >= 11 is 0. The van der Waals surface area contributed by atoms with Gasteiger partial charge >= 0.3 is 17.9 Å². The van der Waals surface area contributed by atoms with Gasteiger partial charge in [0.25, 0.3) is 0 Å². The second kappa shape index (κ2) is 18.4. The number of rotatable bonds is 5. The molecule has 0 saturated carbocycles. The summed E-state index contributed by atoms with van der Waals surface area (Å²) in [5.74, 6) is -0.987. The third-order valence-electron chi connectivity index (χ3n) is 1.58. The monoisotopic (exact) mass is 308 g/mol. The Labute approximate surface area is 126 Å². The van der Waals surface area contributed by atoms with E-state index in [4.69, 9.17) is 4.74 Å². The number of carbonyl (C=O) groups is 3. The molecular formula is C14H28O7. The van der Waals surface area contributed by atoms with E-state index in [9.17, 15) is 14.4 Å². The molecule has 7 heteroatoms. The van der Waals surface area contributed by atoms with Crippen molar-refractivity contribution >= 4 is 17.9 Å². The molecular weight excluding hydrogens is 280 g/mol. The molecule has 0 aliphatic carbocycles. The van der Waals surface area contributed by atoms with Gasteiger partial charge in [0.1, 0.15) is 12.7 Å². The first kappa shape index (κ1) is 24.4. The van der Waals surface area contributed by atoms with Crippen LogP contribution in [0.1, 0.15) is 41.5 Å². The Kier molecular flexibility index (Phi) is 21.3. The van der Waals surface area contributed by atoms with E-state index in [0.717, 1.165) is 13.2 Å². The van der Waals surface area contributed by atoms with Crippen LogP contribution in [-0.2, 0) is 33.3 Å². The Bertz CT molecular complexity index is 274. The predicted octanol–water partition coefficient (Wildman–Crippen LogP) is 1.72. The molecule has 0 spiro atoms. The number of hydrogen-bond donors (Lipinski definition) is 0. The summed E-state index contributed by atoms with van der Waals surface area (Å²) in [6.07, 6.45) is -0.364. The summed E-state index contributed by atoms with van der Waals surface area (Å²) < 4.78 is 18.2. The Hall–Kier alpha value is -1.63. The molecule has 1 unspecified atom stereocenters. The van der Waals surface area contributed by atoms with Crippen molar-refractivity contribution in [1.29, 1.82) is 0 Å². The third-order valence-corrected chi connectivity index (χ3v) is 1.58. The van der Waals surface area contributed by atoms with Gasteiger partial charge in [0.05, 0.1) is 7.11 Å². The normalized spacial score (nSPS) is 9.86. The summed E-state index contributed by atoms with van der Waals surface area (Å²) in [6, 6.07) is 0. The molecule has 0 aromatic rings. The molecule has 0 aromatic carbocycles. The highest BCUT2D eigenvalue weighted by Crippen LogP contribution is 1.92. The van der Waals surface area contributed by atoms with E-state index >= 15 is 0 Å². The zero-order valence-corrected chi connectivity index (χ0v) is 14.1. The van der Waals surface area contributed by atoms with Gasteiger partial charge in [0, 0.05) is 34.0 Å². The number of hydrogen-bond acceptors (Lipinski definition) is 7. The van der Waals surface area contributed by atoms with Crippen molar-refractivity contribution < 1.29 is 33.3 Å². The number of methoxy groups -OCH3 is 1. The van der Waals surface area contributed by atoms with Crippen molar-refractivity contribution in [3.63, 3.8) is 0 Å². The minimum Gasteiger partial charge on any atom is -0.469 e. The molecule has 0 radical (unpaired) electrons. The highest BCUT2D eigenvalue weighted by molar-refractivity contribution is 5.67. The lowest BCUT2D eigenvalue weighted by Gasteiger charge is -2.10. The third kappa shape index (κ3) is 38.1. The molecule has 0 aliphatic rings. The van der Waals surface area contributed by atoms with Gasteiger partial charge in [-0.2, -0.15) is 0 Å². The summed E-state index contributed by atoms with van der Waals surface area (Å²) in [6.45, 7) is 11.4. The molecule has 21 heavy (non-hydrogen) atoms. The lowest BCUT2D eigenvalue weighted by molar-refractivity contribution is -0.155. The Morgan fingerprint density at radius 1 is 0.905 bits per heavy atom. The smallest absolute Gasteiger partial charge is 0.303 e. The van der Waals surface area contributed by atoms with E-state index in [1.54, 1.807) is 6.92 Å². The highest BCUT2D eigenvalue weighted by atomic mass is 16.6. The Balaban J connectivity index is -0.000000270. The maximum atomic E-state index is 10.3. The van der Waals surface area contributed by atoms with Crippen molar-refractivity contribution in [3.05, 3.63) is 0 Å². The van der Waals surface area contributed by atoms with Crippen LogP contribution in [-0.4, -0.2) is 50.9 Å². The Morgan fingerprint density at radius 2 is 1.33 bits per heavy atom. The molecule has 0 bridgehead atoms. The second-order valence-electron chi connectivity index (χ2n) is 3.70. The van der Waals surface area contributed by atoms with Crippen LogP contribution in [0.15, 0.2) is 0 Å². The minimum absolute atomic E-state index is 0.120. The SMILES string of the molecule is CC(=O)OCC(C)OC(C)=O.CCOCC.COC(C)=O. The van der Waals surface area contributed by atoms with E-state index in [1.165, 1.54) is 27.9 Å². The summed E-state index contributed by atoms with van der Waals surface area (Å²) in [4.78, 5) is 30.2. The maximum Gasteiger partial charge on any atom is 0.303 e. The van der Waals surface area contributed by atoms with E-state index < -0.39 is 0 Å². The molecule has 0 aromatic heterocycles. The fraction of sp³-hybridized carbons (Fsp3) is 0.786. The molecule has 126 valence electrons. The molecule has 0 fully saturated rings. The van der Waals surface area contributed by atoms with Crippen LogP contribution < -0.4 is 0 Å². The van der Waals surface area contributed by atoms with Crippen LogP contribution in [0.2, 0.25) is 0 Å². The molecule has 0 aliphatic heterocycles. The first-order valence-corrected chi connectivity index (χ1v) is 6.63. The van der Waals surface area contributed by atoms with Crippen LogP contribution in [0.25, 0.3) is 0 Å². The summed E-state index contributed by atoms with van der Waals surface area (Å²) in [5, 5.41) is 0. The zero-order chi connectivity index (χ0) is 17.3. The van der Waals surface area contributed by atoms with Crippen molar-refractivity contribution in [2.75, 3.05) is 26.9 Å². The summed E-state index contributed by atoms with van der Waals surface area (Å²) in [5.41, 5.74) is 0. The lowest BCUT2D eigenvalue weighted by atomic mass is 10.4. The van der Waals surface area contributed by atoms with E-state index in [0.29, 0.717) is 0 Å². The fourth-order valence-electron chi connectivity index (χ4n) is 0.756. The summed E-state index contributed by atoms with van der Waals surface area (Å²) in [7, 11) is 1.35. The molecule has 0 heterocycles. The highest BCUT2D eigenvalue weighted by Gasteiger charge is 2.06. The second-order valence-corrected chi connectivity index (χ2v) is 3.70. The van der Waals surface area contributed by atoms with Crippen LogP contribution in [0, 0.1) is 0 Å².